The van der Waals surface area contributed by atoms with E-state index in [-0.39, 0.29) is 0 Å². The lowest BCUT2D eigenvalue weighted by Gasteiger charge is -2.36. The van der Waals surface area contributed by atoms with Gasteiger partial charge in [-0.3, -0.25) is 0 Å². The summed E-state index contributed by atoms with van der Waals surface area (Å²) in [6, 6.07) is 6.17. The van der Waals surface area contributed by atoms with Crippen LogP contribution in [0.5, 0.6) is 0 Å². The van der Waals surface area contributed by atoms with Crippen LogP contribution >= 0.6 is 11.8 Å². The Morgan fingerprint density at radius 1 is 1.36 bits per heavy atom. The highest BCUT2D eigenvalue weighted by molar-refractivity contribution is 8.00. The van der Waals surface area contributed by atoms with Crippen molar-refractivity contribution in [2.45, 2.75) is 46.4 Å². The van der Waals surface area contributed by atoms with Gasteiger partial charge in [-0.1, -0.05) is 19.9 Å². The highest BCUT2D eigenvalue weighted by Gasteiger charge is 2.24. The first-order valence-electron chi connectivity index (χ1n) is 10.1. The summed E-state index contributed by atoms with van der Waals surface area (Å²) in [5.41, 5.74) is 3.20. The first kappa shape index (κ1) is 20.7. The zero-order valence-corrected chi connectivity index (χ0v) is 18.5. The fraction of sp³-hybridized carbons (Fsp3) is 0.571. The Kier molecular flexibility index (Phi) is 6.99. The third-order valence-electron chi connectivity index (χ3n) is 4.92. The van der Waals surface area contributed by atoms with E-state index in [0.29, 0.717) is 17.7 Å². The molecule has 1 fully saturated rings. The minimum absolute atomic E-state index is 0.628. The van der Waals surface area contributed by atoms with E-state index >= 15 is 0 Å². The summed E-state index contributed by atoms with van der Waals surface area (Å²) >= 11 is 2.08. The van der Waals surface area contributed by atoms with Crippen LogP contribution < -0.4 is 5.32 Å². The maximum atomic E-state index is 4.89. The molecule has 0 spiro atoms. The van der Waals surface area contributed by atoms with Gasteiger partial charge in [-0.25, -0.2) is 14.7 Å². The summed E-state index contributed by atoms with van der Waals surface area (Å²) in [4.78, 5) is 11.9. The van der Waals surface area contributed by atoms with E-state index in [4.69, 9.17) is 4.99 Å². The van der Waals surface area contributed by atoms with Crippen LogP contribution in [0.1, 0.15) is 37.7 Å². The fourth-order valence-corrected chi connectivity index (χ4v) is 4.66. The van der Waals surface area contributed by atoms with Gasteiger partial charge in [0.25, 0.3) is 0 Å². The van der Waals surface area contributed by atoms with Crippen molar-refractivity contribution in [2.24, 2.45) is 10.9 Å². The van der Waals surface area contributed by atoms with Crippen LogP contribution in [-0.4, -0.2) is 56.3 Å². The summed E-state index contributed by atoms with van der Waals surface area (Å²) in [5, 5.41) is 8.63. The van der Waals surface area contributed by atoms with Crippen LogP contribution in [0.25, 0.3) is 5.82 Å². The van der Waals surface area contributed by atoms with Crippen LogP contribution in [0.3, 0.4) is 0 Å². The van der Waals surface area contributed by atoms with Crippen LogP contribution in [0.4, 0.5) is 0 Å². The molecule has 0 radical (unpaired) electrons. The molecule has 2 aromatic heterocycles. The van der Waals surface area contributed by atoms with Gasteiger partial charge < -0.3 is 10.2 Å². The predicted molar refractivity (Wildman–Crippen MR) is 118 cm³/mol. The normalized spacial score (nSPS) is 18.0. The Morgan fingerprint density at radius 3 is 2.79 bits per heavy atom. The Hall–Kier alpha value is -2.02. The first-order valence-corrected chi connectivity index (χ1v) is 11.2. The largest absolute Gasteiger partial charge is 0.357 e. The molecule has 3 heterocycles. The Labute approximate surface area is 172 Å². The van der Waals surface area contributed by atoms with Gasteiger partial charge in [0.1, 0.15) is 0 Å². The third kappa shape index (κ3) is 5.07. The third-order valence-corrected chi connectivity index (χ3v) is 6.46. The molecular formula is C21H32N6S. The van der Waals surface area contributed by atoms with E-state index in [0.717, 1.165) is 54.1 Å². The average molecular weight is 401 g/mol. The lowest BCUT2D eigenvalue weighted by molar-refractivity contribution is 0.381. The van der Waals surface area contributed by atoms with E-state index in [9.17, 15) is 0 Å². The number of nitrogens with one attached hydrogen (secondary N) is 1. The minimum atomic E-state index is 0.628. The number of pyridine rings is 1. The van der Waals surface area contributed by atoms with Gasteiger partial charge in [-0.15, -0.1) is 0 Å². The van der Waals surface area contributed by atoms with Crippen LogP contribution in [-0.2, 0) is 6.54 Å². The molecule has 0 aromatic carbocycles. The molecule has 28 heavy (non-hydrogen) atoms. The molecule has 6 nitrogen and oxygen atoms in total. The molecule has 1 N–H and O–H groups in total. The van der Waals surface area contributed by atoms with Crippen LogP contribution in [0.15, 0.2) is 29.4 Å². The van der Waals surface area contributed by atoms with Crippen molar-refractivity contribution in [1.82, 2.24) is 25.0 Å². The average Bonchev–Trinajstić information content (AvgIpc) is 3.03. The number of aliphatic imine (C=N–C) groups is 1. The summed E-state index contributed by atoms with van der Waals surface area (Å²) in [6.45, 7) is 14.4. The van der Waals surface area contributed by atoms with E-state index in [1.807, 2.05) is 30.8 Å². The van der Waals surface area contributed by atoms with Crippen molar-refractivity contribution in [3.8, 4) is 5.82 Å². The number of thioether (sulfide) groups is 1. The molecule has 1 unspecified atom stereocenters. The summed E-state index contributed by atoms with van der Waals surface area (Å²) in [5.74, 6) is 3.70. The summed E-state index contributed by atoms with van der Waals surface area (Å²) in [7, 11) is 0. The highest BCUT2D eigenvalue weighted by atomic mass is 32.2. The minimum Gasteiger partial charge on any atom is -0.357 e. The molecule has 0 amide bonds. The van der Waals surface area contributed by atoms with Crippen molar-refractivity contribution in [3.05, 3.63) is 41.3 Å². The van der Waals surface area contributed by atoms with E-state index < -0.39 is 0 Å². The summed E-state index contributed by atoms with van der Waals surface area (Å²) in [6.07, 6.45) is 1.90. The lowest BCUT2D eigenvalue weighted by atomic mass is 10.1. The summed E-state index contributed by atoms with van der Waals surface area (Å²) < 4.78 is 1.88. The molecule has 1 aliphatic heterocycles. The van der Waals surface area contributed by atoms with Gasteiger partial charge >= 0.3 is 0 Å². The first-order chi connectivity index (χ1) is 13.5. The fourth-order valence-electron chi connectivity index (χ4n) is 3.36. The molecule has 1 saturated heterocycles. The van der Waals surface area contributed by atoms with Gasteiger partial charge in [0, 0.05) is 42.5 Å². The van der Waals surface area contributed by atoms with E-state index in [1.165, 1.54) is 0 Å². The number of hydrogen-bond acceptors (Lipinski definition) is 4. The lowest BCUT2D eigenvalue weighted by Crippen LogP contribution is -2.49. The number of aryl methyl sites for hydroxylation is 2. The van der Waals surface area contributed by atoms with Gasteiger partial charge in [0.2, 0.25) is 0 Å². The molecule has 0 saturated carbocycles. The topological polar surface area (TPSA) is 58.3 Å². The van der Waals surface area contributed by atoms with E-state index in [1.54, 1.807) is 0 Å². The van der Waals surface area contributed by atoms with Crippen molar-refractivity contribution in [1.29, 1.82) is 0 Å². The standard InChI is InChI=1S/C21H32N6S/c1-6-22-21(26-9-10-28-19(14-26)15(2)3)24-13-18-7-8-20(23-12-18)27-17(5)11-16(4)25-27/h7-8,11-12,15,19H,6,9-10,13-14H2,1-5H3,(H,22,24). The molecule has 2 aromatic rings. The second-order valence-corrected chi connectivity index (χ2v) is 8.98. The zero-order valence-electron chi connectivity index (χ0n) is 17.6. The van der Waals surface area contributed by atoms with Crippen molar-refractivity contribution >= 4 is 17.7 Å². The molecule has 1 aliphatic rings. The Morgan fingerprint density at radius 2 is 2.18 bits per heavy atom. The SMILES string of the molecule is CCNC(=NCc1ccc(-n2nc(C)cc2C)nc1)N1CCSC(C(C)C)C1. The molecule has 1 atom stereocenters. The second-order valence-electron chi connectivity index (χ2n) is 7.63. The smallest absolute Gasteiger partial charge is 0.194 e. The number of aromatic nitrogens is 3. The predicted octanol–water partition coefficient (Wildman–Crippen LogP) is 3.42. The Balaban J connectivity index is 1.70. The molecule has 152 valence electrons. The Bertz CT molecular complexity index is 796. The van der Waals surface area contributed by atoms with Crippen molar-refractivity contribution in [2.75, 3.05) is 25.4 Å². The monoisotopic (exact) mass is 400 g/mol. The van der Waals surface area contributed by atoms with Crippen LogP contribution in [0.2, 0.25) is 0 Å². The zero-order chi connectivity index (χ0) is 20.1. The van der Waals surface area contributed by atoms with Crippen LogP contribution in [0, 0.1) is 19.8 Å². The maximum Gasteiger partial charge on any atom is 0.194 e. The van der Waals surface area contributed by atoms with Crippen molar-refractivity contribution in [3.63, 3.8) is 0 Å². The van der Waals surface area contributed by atoms with Gasteiger partial charge in [0.05, 0.1) is 12.2 Å². The number of rotatable bonds is 5. The van der Waals surface area contributed by atoms with Gasteiger partial charge in [0.15, 0.2) is 11.8 Å². The molecule has 0 bridgehead atoms. The number of hydrogen-bond donors (Lipinski definition) is 1. The van der Waals surface area contributed by atoms with E-state index in [2.05, 4.69) is 65.0 Å². The van der Waals surface area contributed by atoms with Gasteiger partial charge in [-0.2, -0.15) is 16.9 Å². The second kappa shape index (κ2) is 9.45. The van der Waals surface area contributed by atoms with Gasteiger partial charge in [-0.05, 0) is 44.4 Å². The maximum absolute atomic E-state index is 4.89. The molecule has 7 heteroatoms. The highest BCUT2D eigenvalue weighted by Crippen LogP contribution is 2.25. The number of guanidine groups is 1. The quantitative estimate of drug-likeness (QED) is 0.616. The molecule has 3 rings (SSSR count). The molecular weight excluding hydrogens is 368 g/mol. The van der Waals surface area contributed by atoms with Crippen molar-refractivity contribution < 1.29 is 0 Å². The number of nitrogens with zero attached hydrogens (tertiary/aromatic N) is 5. The molecule has 0 aliphatic carbocycles.